The van der Waals surface area contributed by atoms with E-state index in [1.807, 2.05) is 12.1 Å². The normalized spacial score (nSPS) is 11.1. The average Bonchev–Trinajstić information content (AvgIpc) is 2.36. The van der Waals surface area contributed by atoms with Gasteiger partial charge in [0.1, 0.15) is 0 Å². The minimum Gasteiger partial charge on any atom is -0.351 e. The molecule has 8 heteroatoms. The first-order chi connectivity index (χ1) is 9.84. The third kappa shape index (κ3) is 7.74. The number of sulfonamides is 1. The van der Waals surface area contributed by atoms with E-state index >= 15 is 0 Å². The third-order valence-corrected chi connectivity index (χ3v) is 4.21. The number of carbonyl (C=O) groups is 1. The molecule has 0 atom stereocenters. The summed E-state index contributed by atoms with van der Waals surface area (Å²) in [5, 5.41) is 5.51. The van der Waals surface area contributed by atoms with Crippen molar-refractivity contribution in [2.45, 2.75) is 32.2 Å². The molecule has 22 heavy (non-hydrogen) atoms. The molecule has 126 valence electrons. The fraction of sp³-hybridized carbons (Fsp3) is 0.500. The summed E-state index contributed by atoms with van der Waals surface area (Å²) < 4.78 is 26.5. The van der Waals surface area contributed by atoms with Gasteiger partial charge in [-0.25, -0.2) is 13.1 Å². The van der Waals surface area contributed by atoms with E-state index in [0.717, 1.165) is 5.56 Å². The van der Waals surface area contributed by atoms with Crippen LogP contribution in [0.5, 0.6) is 0 Å². The first kappa shape index (κ1) is 20.9. The zero-order valence-electron chi connectivity index (χ0n) is 13.0. The number of hydrogen-bond acceptors (Lipinski definition) is 4. The van der Waals surface area contributed by atoms with Gasteiger partial charge in [-0.15, -0.1) is 12.4 Å². The molecule has 3 N–H and O–H groups in total. The van der Waals surface area contributed by atoms with Crippen molar-refractivity contribution in [2.24, 2.45) is 0 Å². The predicted octanol–water partition coefficient (Wildman–Crippen LogP) is 0.772. The molecule has 0 aromatic heterocycles. The van der Waals surface area contributed by atoms with Crippen LogP contribution in [0.1, 0.15) is 25.0 Å². The SMILES string of the molecule is CNCC(=O)NCc1ccccc1CS(=O)(=O)NC(C)C.Cl. The summed E-state index contributed by atoms with van der Waals surface area (Å²) in [4.78, 5) is 11.5. The maximum atomic E-state index is 12.0. The summed E-state index contributed by atoms with van der Waals surface area (Å²) in [6, 6.07) is 7.06. The Balaban J connectivity index is 0.00000441. The lowest BCUT2D eigenvalue weighted by Gasteiger charge is -2.13. The maximum absolute atomic E-state index is 12.0. The van der Waals surface area contributed by atoms with Crippen molar-refractivity contribution < 1.29 is 13.2 Å². The first-order valence-corrected chi connectivity index (χ1v) is 8.47. The third-order valence-electron chi connectivity index (χ3n) is 2.69. The largest absolute Gasteiger partial charge is 0.351 e. The zero-order chi connectivity index (χ0) is 15.9. The molecule has 1 amide bonds. The van der Waals surface area contributed by atoms with Crippen molar-refractivity contribution in [3.05, 3.63) is 35.4 Å². The molecule has 0 spiro atoms. The maximum Gasteiger partial charge on any atom is 0.234 e. The summed E-state index contributed by atoms with van der Waals surface area (Å²) in [6.07, 6.45) is 0. The van der Waals surface area contributed by atoms with Gasteiger partial charge in [0.2, 0.25) is 15.9 Å². The molecule has 0 heterocycles. The van der Waals surface area contributed by atoms with E-state index in [1.54, 1.807) is 33.0 Å². The van der Waals surface area contributed by atoms with Gasteiger partial charge in [0, 0.05) is 12.6 Å². The Morgan fingerprint density at radius 2 is 1.77 bits per heavy atom. The van der Waals surface area contributed by atoms with Crippen LogP contribution < -0.4 is 15.4 Å². The van der Waals surface area contributed by atoms with E-state index in [0.29, 0.717) is 12.1 Å². The quantitative estimate of drug-likeness (QED) is 0.647. The number of carbonyl (C=O) groups excluding carboxylic acids is 1. The van der Waals surface area contributed by atoms with Gasteiger partial charge in [-0.2, -0.15) is 0 Å². The lowest BCUT2D eigenvalue weighted by atomic mass is 10.1. The molecule has 0 aliphatic rings. The predicted molar refractivity (Wildman–Crippen MR) is 90.4 cm³/mol. The second-order valence-corrected chi connectivity index (χ2v) is 6.86. The van der Waals surface area contributed by atoms with Crippen LogP contribution in [0.2, 0.25) is 0 Å². The Morgan fingerprint density at radius 3 is 2.32 bits per heavy atom. The topological polar surface area (TPSA) is 87.3 Å². The Kier molecular flexibility index (Phi) is 9.27. The standard InChI is InChI=1S/C14H23N3O3S.ClH/c1-11(2)17-21(19,20)10-13-7-5-4-6-12(13)8-16-14(18)9-15-3;/h4-7,11,15,17H,8-10H2,1-3H3,(H,16,18);1H. The van der Waals surface area contributed by atoms with Gasteiger partial charge in [-0.1, -0.05) is 24.3 Å². The molecule has 0 aliphatic heterocycles. The molecule has 0 fully saturated rings. The molecular formula is C14H24ClN3O3S. The summed E-state index contributed by atoms with van der Waals surface area (Å²) in [6.45, 7) is 4.10. The smallest absolute Gasteiger partial charge is 0.234 e. The highest BCUT2D eigenvalue weighted by atomic mass is 35.5. The van der Waals surface area contributed by atoms with Crippen molar-refractivity contribution in [1.82, 2.24) is 15.4 Å². The van der Waals surface area contributed by atoms with Crippen LogP contribution in [-0.4, -0.2) is 34.0 Å². The molecule has 6 nitrogen and oxygen atoms in total. The van der Waals surface area contributed by atoms with E-state index in [4.69, 9.17) is 0 Å². The Hall–Kier alpha value is -1.15. The molecule has 0 saturated carbocycles. The number of nitrogens with one attached hydrogen (secondary N) is 3. The molecule has 0 bridgehead atoms. The van der Waals surface area contributed by atoms with E-state index < -0.39 is 10.0 Å². The highest BCUT2D eigenvalue weighted by Gasteiger charge is 2.15. The van der Waals surface area contributed by atoms with Crippen molar-refractivity contribution >= 4 is 28.3 Å². The molecular weight excluding hydrogens is 326 g/mol. The lowest BCUT2D eigenvalue weighted by molar-refractivity contribution is -0.120. The van der Waals surface area contributed by atoms with Gasteiger partial charge in [-0.3, -0.25) is 4.79 Å². The van der Waals surface area contributed by atoms with Gasteiger partial charge in [0.15, 0.2) is 0 Å². The molecule has 1 rings (SSSR count). The van der Waals surface area contributed by atoms with Gasteiger partial charge >= 0.3 is 0 Å². The molecule has 0 radical (unpaired) electrons. The van der Waals surface area contributed by atoms with Crippen LogP contribution in [0.4, 0.5) is 0 Å². The van der Waals surface area contributed by atoms with E-state index in [-0.39, 0.29) is 36.7 Å². The number of likely N-dealkylation sites (N-methyl/N-ethyl adjacent to an activating group) is 1. The fourth-order valence-electron chi connectivity index (χ4n) is 1.89. The number of amides is 1. The number of halogens is 1. The van der Waals surface area contributed by atoms with Gasteiger partial charge in [0.25, 0.3) is 0 Å². The highest BCUT2D eigenvalue weighted by Crippen LogP contribution is 2.12. The van der Waals surface area contributed by atoms with Crippen molar-refractivity contribution in [2.75, 3.05) is 13.6 Å². The first-order valence-electron chi connectivity index (χ1n) is 6.82. The Labute approximate surface area is 138 Å². The van der Waals surface area contributed by atoms with Gasteiger partial charge < -0.3 is 10.6 Å². The molecule has 0 saturated heterocycles. The van der Waals surface area contributed by atoms with Crippen LogP contribution in [0, 0.1) is 0 Å². The minimum atomic E-state index is -3.38. The number of hydrogen-bond donors (Lipinski definition) is 3. The molecule has 0 aliphatic carbocycles. The van der Waals surface area contributed by atoms with Crippen LogP contribution >= 0.6 is 12.4 Å². The second kappa shape index (κ2) is 9.78. The number of benzene rings is 1. The van der Waals surface area contributed by atoms with Crippen LogP contribution in [0.25, 0.3) is 0 Å². The number of rotatable bonds is 8. The Morgan fingerprint density at radius 1 is 1.18 bits per heavy atom. The van der Waals surface area contributed by atoms with Gasteiger partial charge in [-0.05, 0) is 32.0 Å². The Bertz CT molecular complexity index is 576. The average molecular weight is 350 g/mol. The van der Waals surface area contributed by atoms with Crippen molar-refractivity contribution in [3.8, 4) is 0 Å². The summed E-state index contributed by atoms with van der Waals surface area (Å²) in [5.74, 6) is -0.223. The van der Waals surface area contributed by atoms with Gasteiger partial charge in [0.05, 0.1) is 12.3 Å². The van der Waals surface area contributed by atoms with Crippen molar-refractivity contribution in [3.63, 3.8) is 0 Å². The summed E-state index contributed by atoms with van der Waals surface area (Å²) >= 11 is 0. The molecule has 0 unspecified atom stereocenters. The second-order valence-electron chi connectivity index (χ2n) is 5.11. The monoisotopic (exact) mass is 349 g/mol. The lowest BCUT2D eigenvalue weighted by Crippen LogP contribution is -2.33. The van der Waals surface area contributed by atoms with Crippen LogP contribution in [0.3, 0.4) is 0 Å². The minimum absolute atomic E-state index is 0. The van der Waals surface area contributed by atoms with E-state index in [2.05, 4.69) is 15.4 Å². The highest BCUT2D eigenvalue weighted by molar-refractivity contribution is 7.88. The van der Waals surface area contributed by atoms with Crippen LogP contribution in [-0.2, 0) is 27.1 Å². The fourth-order valence-corrected chi connectivity index (χ4v) is 3.39. The zero-order valence-corrected chi connectivity index (χ0v) is 14.7. The molecule has 1 aromatic carbocycles. The summed E-state index contributed by atoms with van der Waals surface area (Å²) in [5.41, 5.74) is 1.49. The summed E-state index contributed by atoms with van der Waals surface area (Å²) in [7, 11) is -1.69. The van der Waals surface area contributed by atoms with Crippen molar-refractivity contribution in [1.29, 1.82) is 0 Å². The van der Waals surface area contributed by atoms with E-state index in [1.165, 1.54) is 0 Å². The van der Waals surface area contributed by atoms with Crippen LogP contribution in [0.15, 0.2) is 24.3 Å². The molecule has 1 aromatic rings. The van der Waals surface area contributed by atoms with E-state index in [9.17, 15) is 13.2 Å².